The molecule has 88 valence electrons. The lowest BCUT2D eigenvalue weighted by Gasteiger charge is -2.34. The zero-order chi connectivity index (χ0) is 11.4. The fourth-order valence-corrected chi connectivity index (χ4v) is 2.44. The summed E-state index contributed by atoms with van der Waals surface area (Å²) < 4.78 is 0. The molecule has 0 aromatic heterocycles. The van der Waals surface area contributed by atoms with Crippen LogP contribution in [0.5, 0.6) is 5.75 Å². The van der Waals surface area contributed by atoms with Crippen molar-refractivity contribution in [3.05, 3.63) is 29.8 Å². The maximum Gasteiger partial charge on any atom is 0.120 e. The summed E-state index contributed by atoms with van der Waals surface area (Å²) in [6.07, 6.45) is 1.04. The highest BCUT2D eigenvalue weighted by atomic mass is 16.3. The summed E-state index contributed by atoms with van der Waals surface area (Å²) in [6.45, 7) is 6.40. The predicted octanol–water partition coefficient (Wildman–Crippen LogP) is 1.75. The Morgan fingerprint density at radius 1 is 1.31 bits per heavy atom. The van der Waals surface area contributed by atoms with Crippen molar-refractivity contribution in [3.63, 3.8) is 0 Å². The molecule has 1 heterocycles. The molecule has 1 fully saturated rings. The van der Waals surface area contributed by atoms with Gasteiger partial charge in [-0.1, -0.05) is 25.1 Å². The number of benzene rings is 1. The van der Waals surface area contributed by atoms with Gasteiger partial charge in [0.15, 0.2) is 0 Å². The minimum absolute atomic E-state index is 0.350. The van der Waals surface area contributed by atoms with E-state index in [1.165, 1.54) is 0 Å². The third-order valence-electron chi connectivity index (χ3n) is 3.27. The first kappa shape index (κ1) is 11.4. The van der Waals surface area contributed by atoms with Gasteiger partial charge in [-0.25, -0.2) is 0 Å². The van der Waals surface area contributed by atoms with E-state index < -0.39 is 0 Å². The van der Waals surface area contributed by atoms with Crippen molar-refractivity contribution in [3.8, 4) is 5.75 Å². The number of rotatable bonds is 3. The summed E-state index contributed by atoms with van der Waals surface area (Å²) in [7, 11) is 0. The average Bonchev–Trinajstić information content (AvgIpc) is 2.34. The molecule has 1 aliphatic rings. The van der Waals surface area contributed by atoms with Crippen molar-refractivity contribution in [1.82, 2.24) is 10.2 Å². The molecule has 0 saturated carbocycles. The molecule has 1 aromatic rings. The van der Waals surface area contributed by atoms with Gasteiger partial charge in [-0.2, -0.15) is 0 Å². The zero-order valence-electron chi connectivity index (χ0n) is 9.82. The van der Waals surface area contributed by atoms with E-state index in [0.29, 0.717) is 11.8 Å². The van der Waals surface area contributed by atoms with Crippen LogP contribution in [0.4, 0.5) is 0 Å². The summed E-state index contributed by atoms with van der Waals surface area (Å²) in [5.41, 5.74) is 1.06. The SMILES string of the molecule is CC[C@@H](c1ccccc1O)N1CCNCC1. The van der Waals surface area contributed by atoms with Crippen LogP contribution in [0, 0.1) is 0 Å². The maximum atomic E-state index is 9.90. The van der Waals surface area contributed by atoms with E-state index in [2.05, 4.69) is 17.1 Å². The van der Waals surface area contributed by atoms with E-state index in [9.17, 15) is 5.11 Å². The molecule has 0 aliphatic carbocycles. The average molecular weight is 220 g/mol. The second-order valence-corrected chi connectivity index (χ2v) is 4.27. The third kappa shape index (κ3) is 2.36. The Bertz CT molecular complexity index is 334. The summed E-state index contributed by atoms with van der Waals surface area (Å²) in [6, 6.07) is 8.04. The molecule has 0 amide bonds. The standard InChI is InChI=1S/C13H20N2O/c1-2-12(15-9-7-14-8-10-15)11-5-3-4-6-13(11)16/h3-6,12,14,16H,2,7-10H2,1H3/t12-/m0/s1. The van der Waals surface area contributed by atoms with Crippen molar-refractivity contribution in [2.45, 2.75) is 19.4 Å². The smallest absolute Gasteiger partial charge is 0.120 e. The Morgan fingerprint density at radius 2 is 2.00 bits per heavy atom. The third-order valence-corrected chi connectivity index (χ3v) is 3.27. The first-order valence-corrected chi connectivity index (χ1v) is 6.05. The van der Waals surface area contributed by atoms with Gasteiger partial charge < -0.3 is 10.4 Å². The van der Waals surface area contributed by atoms with Gasteiger partial charge in [0.05, 0.1) is 0 Å². The fourth-order valence-electron chi connectivity index (χ4n) is 2.44. The molecule has 0 unspecified atom stereocenters. The maximum absolute atomic E-state index is 9.90. The molecule has 0 bridgehead atoms. The van der Waals surface area contributed by atoms with Gasteiger partial charge in [0.25, 0.3) is 0 Å². The zero-order valence-corrected chi connectivity index (χ0v) is 9.82. The van der Waals surface area contributed by atoms with Crippen LogP contribution in [-0.4, -0.2) is 36.2 Å². The van der Waals surface area contributed by atoms with Crippen LogP contribution in [0.3, 0.4) is 0 Å². The molecule has 0 spiro atoms. The Kier molecular flexibility index (Phi) is 3.80. The Balaban J connectivity index is 2.18. The molecule has 1 atom stereocenters. The van der Waals surface area contributed by atoms with Crippen LogP contribution >= 0.6 is 0 Å². The minimum atomic E-state index is 0.350. The van der Waals surface area contributed by atoms with E-state index in [1.54, 1.807) is 6.07 Å². The lowest BCUT2D eigenvalue weighted by Crippen LogP contribution is -2.45. The summed E-state index contributed by atoms with van der Waals surface area (Å²) in [5.74, 6) is 0.424. The molecular weight excluding hydrogens is 200 g/mol. The second-order valence-electron chi connectivity index (χ2n) is 4.27. The largest absolute Gasteiger partial charge is 0.508 e. The Morgan fingerprint density at radius 3 is 2.62 bits per heavy atom. The lowest BCUT2D eigenvalue weighted by molar-refractivity contribution is 0.167. The van der Waals surface area contributed by atoms with E-state index in [-0.39, 0.29) is 0 Å². The predicted molar refractivity (Wildman–Crippen MR) is 65.6 cm³/mol. The molecule has 1 saturated heterocycles. The fraction of sp³-hybridized carbons (Fsp3) is 0.538. The molecule has 1 aromatic carbocycles. The number of para-hydroxylation sites is 1. The number of aromatic hydroxyl groups is 1. The molecular formula is C13H20N2O. The highest BCUT2D eigenvalue weighted by molar-refractivity contribution is 5.34. The molecule has 3 nitrogen and oxygen atoms in total. The number of phenolic OH excluding ortho intramolecular Hbond substituents is 1. The van der Waals surface area contributed by atoms with Gasteiger partial charge in [-0.05, 0) is 12.5 Å². The van der Waals surface area contributed by atoms with Crippen LogP contribution < -0.4 is 5.32 Å². The number of phenols is 1. The molecule has 2 rings (SSSR count). The molecule has 0 radical (unpaired) electrons. The van der Waals surface area contributed by atoms with Gasteiger partial charge in [0.2, 0.25) is 0 Å². The lowest BCUT2D eigenvalue weighted by atomic mass is 10.0. The Hall–Kier alpha value is -1.06. The topological polar surface area (TPSA) is 35.5 Å². The van der Waals surface area contributed by atoms with Crippen molar-refractivity contribution < 1.29 is 5.11 Å². The summed E-state index contributed by atoms with van der Waals surface area (Å²) in [5, 5.41) is 13.3. The quantitative estimate of drug-likeness (QED) is 0.814. The number of hydrogen-bond donors (Lipinski definition) is 2. The van der Waals surface area contributed by atoms with E-state index >= 15 is 0 Å². The molecule has 16 heavy (non-hydrogen) atoms. The van der Waals surface area contributed by atoms with Crippen LogP contribution in [0.1, 0.15) is 24.9 Å². The van der Waals surface area contributed by atoms with Crippen molar-refractivity contribution in [1.29, 1.82) is 0 Å². The van der Waals surface area contributed by atoms with Crippen molar-refractivity contribution >= 4 is 0 Å². The number of nitrogens with zero attached hydrogens (tertiary/aromatic N) is 1. The van der Waals surface area contributed by atoms with Crippen LogP contribution in [0.25, 0.3) is 0 Å². The molecule has 2 N–H and O–H groups in total. The van der Waals surface area contributed by atoms with Crippen LogP contribution in [0.2, 0.25) is 0 Å². The van der Waals surface area contributed by atoms with Gasteiger partial charge in [0.1, 0.15) is 5.75 Å². The number of nitrogens with one attached hydrogen (secondary N) is 1. The summed E-state index contributed by atoms with van der Waals surface area (Å²) >= 11 is 0. The minimum Gasteiger partial charge on any atom is -0.508 e. The van der Waals surface area contributed by atoms with Crippen molar-refractivity contribution in [2.24, 2.45) is 0 Å². The van der Waals surface area contributed by atoms with Gasteiger partial charge in [-0.3, -0.25) is 4.90 Å². The Labute approximate surface area is 97.1 Å². The van der Waals surface area contributed by atoms with Gasteiger partial charge in [-0.15, -0.1) is 0 Å². The summed E-state index contributed by atoms with van der Waals surface area (Å²) in [4.78, 5) is 2.45. The molecule has 3 heteroatoms. The first-order valence-electron chi connectivity index (χ1n) is 6.05. The van der Waals surface area contributed by atoms with E-state index in [4.69, 9.17) is 0 Å². The highest BCUT2D eigenvalue weighted by Crippen LogP contribution is 2.30. The second kappa shape index (κ2) is 5.32. The van der Waals surface area contributed by atoms with Crippen molar-refractivity contribution in [2.75, 3.05) is 26.2 Å². The van der Waals surface area contributed by atoms with Crippen LogP contribution in [-0.2, 0) is 0 Å². The van der Waals surface area contributed by atoms with Gasteiger partial charge >= 0.3 is 0 Å². The number of hydrogen-bond acceptors (Lipinski definition) is 3. The first-order chi connectivity index (χ1) is 7.83. The molecule has 1 aliphatic heterocycles. The van der Waals surface area contributed by atoms with E-state index in [0.717, 1.165) is 38.2 Å². The normalized spacial score (nSPS) is 19.6. The monoisotopic (exact) mass is 220 g/mol. The van der Waals surface area contributed by atoms with Gasteiger partial charge in [0, 0.05) is 37.8 Å². The highest BCUT2D eigenvalue weighted by Gasteiger charge is 2.22. The van der Waals surface area contributed by atoms with Crippen LogP contribution in [0.15, 0.2) is 24.3 Å². The number of piperazine rings is 1. The van der Waals surface area contributed by atoms with E-state index in [1.807, 2.05) is 18.2 Å².